The van der Waals surface area contributed by atoms with Gasteiger partial charge in [-0.1, -0.05) is 43.2 Å². The van der Waals surface area contributed by atoms with E-state index in [1.54, 1.807) is 25.7 Å². The Bertz CT molecular complexity index is 1020. The summed E-state index contributed by atoms with van der Waals surface area (Å²) in [6, 6.07) is 8.07. The summed E-state index contributed by atoms with van der Waals surface area (Å²) < 4.78 is 10.6. The maximum Gasteiger partial charge on any atom is 0.408 e. The van der Waals surface area contributed by atoms with Gasteiger partial charge in [0.25, 0.3) is 0 Å². The average molecular weight is 529 g/mol. The van der Waals surface area contributed by atoms with Gasteiger partial charge >= 0.3 is 12.2 Å². The molecule has 3 aliphatic rings. The molecule has 2 aliphatic heterocycles. The fourth-order valence-corrected chi connectivity index (χ4v) is 5.23. The number of ether oxygens (including phenoxy) is 2. The Morgan fingerprint density at radius 2 is 1.71 bits per heavy atom. The molecule has 0 radical (unpaired) electrons. The summed E-state index contributed by atoms with van der Waals surface area (Å²) in [6.45, 7) is 5.75. The van der Waals surface area contributed by atoms with E-state index < -0.39 is 35.4 Å². The van der Waals surface area contributed by atoms with Gasteiger partial charge in [-0.25, -0.2) is 9.59 Å². The fourth-order valence-electron chi connectivity index (χ4n) is 5.23. The van der Waals surface area contributed by atoms with Crippen molar-refractivity contribution in [3.8, 4) is 0 Å². The van der Waals surface area contributed by atoms with E-state index in [1.807, 2.05) is 30.3 Å². The minimum atomic E-state index is -0.725. The Balaban J connectivity index is 1.32. The number of alkyl carbamates (subject to hydrolysis) is 2. The third kappa shape index (κ3) is 7.39. The lowest BCUT2D eigenvalue weighted by Gasteiger charge is -2.36. The lowest BCUT2D eigenvalue weighted by atomic mass is 9.99. The summed E-state index contributed by atoms with van der Waals surface area (Å²) in [7, 11) is 0. The zero-order valence-corrected chi connectivity index (χ0v) is 22.6. The van der Waals surface area contributed by atoms with Crippen molar-refractivity contribution < 1.29 is 28.7 Å². The third-order valence-corrected chi connectivity index (χ3v) is 7.35. The highest BCUT2D eigenvalue weighted by Crippen LogP contribution is 2.37. The molecule has 3 N–H and O–H groups in total. The number of hydrogen-bond donors (Lipinski definition) is 3. The molecule has 208 valence electrons. The van der Waals surface area contributed by atoms with E-state index >= 15 is 0 Å². The summed E-state index contributed by atoms with van der Waals surface area (Å²) in [6.07, 6.45) is 4.74. The van der Waals surface area contributed by atoms with Crippen LogP contribution < -0.4 is 16.0 Å². The van der Waals surface area contributed by atoms with Crippen molar-refractivity contribution in [3.63, 3.8) is 0 Å². The average Bonchev–Trinajstić information content (AvgIpc) is 3.49. The second kappa shape index (κ2) is 11.6. The van der Waals surface area contributed by atoms with Crippen LogP contribution in [-0.4, -0.2) is 64.7 Å². The molecule has 3 fully saturated rings. The first-order chi connectivity index (χ1) is 18.1. The molecule has 0 unspecified atom stereocenters. The molecule has 0 bridgehead atoms. The molecule has 4 amide bonds. The lowest BCUT2D eigenvalue weighted by Crippen LogP contribution is -2.58. The van der Waals surface area contributed by atoms with Crippen LogP contribution in [-0.2, 0) is 25.7 Å². The number of carbonyl (C=O) groups excluding carboxylic acids is 4. The van der Waals surface area contributed by atoms with Crippen LogP contribution in [0.2, 0.25) is 0 Å². The minimum absolute atomic E-state index is 0.0253. The molecular formula is C28H40N4O6. The molecule has 2 heterocycles. The molecule has 1 saturated carbocycles. The smallest absolute Gasteiger partial charge is 0.408 e. The van der Waals surface area contributed by atoms with Gasteiger partial charge in [-0.2, -0.15) is 0 Å². The van der Waals surface area contributed by atoms with Gasteiger partial charge < -0.3 is 30.3 Å². The van der Waals surface area contributed by atoms with Crippen LogP contribution in [0.5, 0.6) is 0 Å². The monoisotopic (exact) mass is 528 g/mol. The first-order valence-corrected chi connectivity index (χ1v) is 13.6. The Morgan fingerprint density at radius 3 is 2.39 bits per heavy atom. The molecule has 10 nitrogen and oxygen atoms in total. The van der Waals surface area contributed by atoms with Crippen LogP contribution in [0.3, 0.4) is 0 Å². The number of fused-ring (bicyclic) bond motifs is 1. The van der Waals surface area contributed by atoms with E-state index in [1.165, 1.54) is 0 Å². The normalized spacial score (nSPS) is 24.3. The van der Waals surface area contributed by atoms with Gasteiger partial charge in [-0.05, 0) is 64.9 Å². The Hall–Kier alpha value is -3.30. The number of rotatable bonds is 7. The second-order valence-electron chi connectivity index (χ2n) is 11.7. The van der Waals surface area contributed by atoms with E-state index in [4.69, 9.17) is 9.47 Å². The number of hydrogen-bond acceptors (Lipinski definition) is 6. The van der Waals surface area contributed by atoms with E-state index in [-0.39, 0.29) is 31.0 Å². The van der Waals surface area contributed by atoms with E-state index in [9.17, 15) is 19.2 Å². The summed E-state index contributed by atoms with van der Waals surface area (Å²) in [4.78, 5) is 53.3. The van der Waals surface area contributed by atoms with Crippen molar-refractivity contribution in [2.24, 2.45) is 0 Å². The maximum atomic E-state index is 13.6. The van der Waals surface area contributed by atoms with Crippen LogP contribution in [0.15, 0.2) is 30.3 Å². The third-order valence-electron chi connectivity index (χ3n) is 7.35. The highest BCUT2D eigenvalue weighted by atomic mass is 16.6. The van der Waals surface area contributed by atoms with E-state index in [0.717, 1.165) is 44.1 Å². The van der Waals surface area contributed by atoms with Crippen molar-refractivity contribution in [1.29, 1.82) is 0 Å². The predicted molar refractivity (Wildman–Crippen MR) is 140 cm³/mol. The summed E-state index contributed by atoms with van der Waals surface area (Å²) >= 11 is 0. The predicted octanol–water partition coefficient (Wildman–Crippen LogP) is 3.39. The highest BCUT2D eigenvalue weighted by Gasteiger charge is 2.49. The van der Waals surface area contributed by atoms with Crippen LogP contribution in [0.1, 0.15) is 77.7 Å². The van der Waals surface area contributed by atoms with Gasteiger partial charge in [0.05, 0.1) is 5.54 Å². The Kier molecular flexibility index (Phi) is 8.47. The number of nitrogens with one attached hydrogen (secondary N) is 3. The quantitative estimate of drug-likeness (QED) is 0.498. The maximum absolute atomic E-state index is 13.6. The van der Waals surface area contributed by atoms with Gasteiger partial charge in [0, 0.05) is 12.6 Å². The summed E-state index contributed by atoms with van der Waals surface area (Å²) in [5, 5.41) is 8.60. The molecule has 4 rings (SSSR count). The van der Waals surface area contributed by atoms with Gasteiger partial charge in [0.1, 0.15) is 24.3 Å². The first kappa shape index (κ1) is 27.7. The number of amides is 4. The molecule has 2 saturated heterocycles. The topological polar surface area (TPSA) is 126 Å². The summed E-state index contributed by atoms with van der Waals surface area (Å²) in [5.41, 5.74) is -0.306. The van der Waals surface area contributed by atoms with Crippen LogP contribution in [0.4, 0.5) is 9.59 Å². The molecule has 1 aromatic carbocycles. The SMILES string of the molecule is CC(C)(C)OC(=O)N[C@H]1CCCC[C@H]2CC[C@@H](C(=O)NC3(CNC(=O)OCc4ccccc4)CC3)N2C1=O. The number of nitrogens with zero attached hydrogens (tertiary/aromatic N) is 1. The van der Waals surface area contributed by atoms with Gasteiger partial charge in [0.2, 0.25) is 11.8 Å². The standard InChI is InChI=1S/C28H40N4O6/c1-27(2,3)38-26(36)30-21-12-8-7-11-20-13-14-22(32(20)24(21)34)23(33)31-28(15-16-28)18-29-25(35)37-17-19-9-5-4-6-10-19/h4-6,9-10,20-22H,7-8,11-18H2,1-3H3,(H,29,35)(H,30,36)(H,31,33)/t20-,21-,22-/m0/s1. The highest BCUT2D eigenvalue weighted by molar-refractivity contribution is 5.92. The van der Waals surface area contributed by atoms with Crippen molar-refractivity contribution in [2.75, 3.05) is 6.54 Å². The number of carbonyl (C=O) groups is 4. The lowest BCUT2D eigenvalue weighted by molar-refractivity contribution is -0.143. The first-order valence-electron chi connectivity index (χ1n) is 13.6. The second-order valence-corrected chi connectivity index (χ2v) is 11.7. The van der Waals surface area contributed by atoms with E-state index in [2.05, 4.69) is 16.0 Å². The molecule has 38 heavy (non-hydrogen) atoms. The minimum Gasteiger partial charge on any atom is -0.445 e. The Morgan fingerprint density at radius 1 is 1.00 bits per heavy atom. The fraction of sp³-hybridized carbons (Fsp3) is 0.643. The largest absolute Gasteiger partial charge is 0.445 e. The van der Waals surface area contributed by atoms with E-state index in [0.29, 0.717) is 12.8 Å². The molecule has 1 aliphatic carbocycles. The zero-order valence-electron chi connectivity index (χ0n) is 22.6. The molecule has 0 aromatic heterocycles. The molecule has 10 heteroatoms. The molecule has 1 aromatic rings. The van der Waals surface area contributed by atoms with Crippen molar-refractivity contribution >= 4 is 24.0 Å². The van der Waals surface area contributed by atoms with Crippen molar-refractivity contribution in [3.05, 3.63) is 35.9 Å². The Labute approximate surface area is 224 Å². The van der Waals surface area contributed by atoms with Gasteiger partial charge in [0.15, 0.2) is 0 Å². The van der Waals surface area contributed by atoms with Crippen molar-refractivity contribution in [2.45, 2.75) is 108 Å². The van der Waals surface area contributed by atoms with Gasteiger partial charge in [-0.15, -0.1) is 0 Å². The molecule has 0 spiro atoms. The zero-order chi connectivity index (χ0) is 27.3. The van der Waals surface area contributed by atoms with Crippen molar-refractivity contribution in [1.82, 2.24) is 20.9 Å². The number of benzene rings is 1. The summed E-state index contributed by atoms with van der Waals surface area (Å²) in [5.74, 6) is -0.444. The van der Waals surface area contributed by atoms with Gasteiger partial charge in [-0.3, -0.25) is 9.59 Å². The molecule has 3 atom stereocenters. The molecular weight excluding hydrogens is 488 g/mol. The van der Waals surface area contributed by atoms with Crippen LogP contribution in [0, 0.1) is 0 Å². The van der Waals surface area contributed by atoms with Crippen LogP contribution in [0.25, 0.3) is 0 Å². The van der Waals surface area contributed by atoms with Crippen LogP contribution >= 0.6 is 0 Å².